The molecular weight excluding hydrogens is 210 g/mol. The smallest absolute Gasteiger partial charge is 0.122 e. The van der Waals surface area contributed by atoms with Crippen molar-refractivity contribution < 1.29 is 4.74 Å². The van der Waals surface area contributed by atoms with Gasteiger partial charge in [0.25, 0.3) is 0 Å². The lowest BCUT2D eigenvalue weighted by molar-refractivity contribution is 0.411. The van der Waals surface area contributed by atoms with E-state index in [0.29, 0.717) is 6.04 Å². The van der Waals surface area contributed by atoms with E-state index in [-0.39, 0.29) is 0 Å². The van der Waals surface area contributed by atoms with Crippen molar-refractivity contribution in [2.24, 2.45) is 0 Å². The molecule has 1 aromatic rings. The van der Waals surface area contributed by atoms with Crippen LogP contribution in [0, 0.1) is 13.8 Å². The largest absolute Gasteiger partial charge is 0.496 e. The summed E-state index contributed by atoms with van der Waals surface area (Å²) in [6, 6.07) is 4.97. The van der Waals surface area contributed by atoms with Gasteiger partial charge in [0.1, 0.15) is 5.75 Å². The first-order valence-electron chi connectivity index (χ1n) is 6.49. The molecule has 0 heterocycles. The molecule has 0 aliphatic carbocycles. The molecule has 0 unspecified atom stereocenters. The van der Waals surface area contributed by atoms with Gasteiger partial charge in [-0.2, -0.15) is 0 Å². The Hall–Kier alpha value is -1.02. The summed E-state index contributed by atoms with van der Waals surface area (Å²) >= 11 is 0. The molecule has 0 saturated heterocycles. The van der Waals surface area contributed by atoms with Gasteiger partial charge in [-0.25, -0.2) is 0 Å². The predicted octanol–water partition coefficient (Wildman–Crippen LogP) is 3.59. The minimum absolute atomic E-state index is 0.622. The highest BCUT2D eigenvalue weighted by Gasteiger charge is 2.07. The first-order valence-corrected chi connectivity index (χ1v) is 6.49. The number of aryl methyl sites for hydroxylation is 2. The minimum atomic E-state index is 0.622. The molecule has 1 aromatic carbocycles. The summed E-state index contributed by atoms with van der Waals surface area (Å²) in [7, 11) is 1.73. The van der Waals surface area contributed by atoms with Crippen molar-refractivity contribution in [3.8, 4) is 5.75 Å². The van der Waals surface area contributed by atoms with Crippen LogP contribution in [-0.4, -0.2) is 13.2 Å². The standard InChI is InChI=1S/C15H25NO/c1-6-14(7-2)16-10-13-8-12(4)15(17-5)9-11(13)3/h8-9,14,16H,6-7,10H2,1-5H3. The summed E-state index contributed by atoms with van der Waals surface area (Å²) in [6.45, 7) is 9.65. The van der Waals surface area contributed by atoms with Gasteiger partial charge in [-0.15, -0.1) is 0 Å². The van der Waals surface area contributed by atoms with Gasteiger partial charge in [-0.1, -0.05) is 19.9 Å². The van der Waals surface area contributed by atoms with Crippen molar-refractivity contribution in [2.45, 2.75) is 53.1 Å². The Bertz CT molecular complexity index is 356. The zero-order valence-electron chi connectivity index (χ0n) is 11.8. The van der Waals surface area contributed by atoms with E-state index >= 15 is 0 Å². The molecule has 0 saturated carbocycles. The highest BCUT2D eigenvalue weighted by atomic mass is 16.5. The molecule has 0 bridgehead atoms. The zero-order valence-corrected chi connectivity index (χ0v) is 11.8. The molecule has 0 aliphatic rings. The summed E-state index contributed by atoms with van der Waals surface area (Å²) in [4.78, 5) is 0. The van der Waals surface area contributed by atoms with Crippen molar-refractivity contribution in [3.05, 3.63) is 28.8 Å². The molecule has 0 atom stereocenters. The SMILES string of the molecule is CCC(CC)NCc1cc(C)c(OC)cc1C. The van der Waals surface area contributed by atoms with Crippen molar-refractivity contribution in [1.29, 1.82) is 0 Å². The molecule has 1 N–H and O–H groups in total. The van der Waals surface area contributed by atoms with Crippen molar-refractivity contribution in [3.63, 3.8) is 0 Å². The van der Waals surface area contributed by atoms with Crippen LogP contribution in [0.4, 0.5) is 0 Å². The van der Waals surface area contributed by atoms with Gasteiger partial charge in [-0.3, -0.25) is 0 Å². The van der Waals surface area contributed by atoms with E-state index in [2.05, 4.69) is 45.1 Å². The molecule has 0 amide bonds. The van der Waals surface area contributed by atoms with Gasteiger partial charge in [0, 0.05) is 12.6 Å². The summed E-state index contributed by atoms with van der Waals surface area (Å²) in [6.07, 6.45) is 2.37. The van der Waals surface area contributed by atoms with E-state index in [9.17, 15) is 0 Å². The van der Waals surface area contributed by atoms with Gasteiger partial charge in [-0.05, 0) is 49.4 Å². The lowest BCUT2D eigenvalue weighted by atomic mass is 10.0. The van der Waals surface area contributed by atoms with E-state index in [4.69, 9.17) is 4.74 Å². The van der Waals surface area contributed by atoms with Crippen LogP contribution in [0.3, 0.4) is 0 Å². The topological polar surface area (TPSA) is 21.3 Å². The van der Waals surface area contributed by atoms with Gasteiger partial charge in [0.2, 0.25) is 0 Å². The number of hydrogen-bond acceptors (Lipinski definition) is 2. The summed E-state index contributed by atoms with van der Waals surface area (Å²) < 4.78 is 5.33. The second-order valence-electron chi connectivity index (χ2n) is 4.64. The lowest BCUT2D eigenvalue weighted by Crippen LogP contribution is -2.27. The molecule has 1 rings (SSSR count). The fraction of sp³-hybridized carbons (Fsp3) is 0.600. The quantitative estimate of drug-likeness (QED) is 0.813. The average Bonchev–Trinajstić information content (AvgIpc) is 2.34. The number of ether oxygens (including phenoxy) is 1. The third-order valence-electron chi connectivity index (χ3n) is 3.42. The van der Waals surface area contributed by atoms with E-state index in [1.807, 2.05) is 0 Å². The summed E-state index contributed by atoms with van der Waals surface area (Å²) in [5.74, 6) is 0.980. The second kappa shape index (κ2) is 6.65. The normalized spacial score (nSPS) is 10.9. The summed E-state index contributed by atoms with van der Waals surface area (Å²) in [5.41, 5.74) is 3.88. The molecule has 0 fully saturated rings. The Morgan fingerprint density at radius 1 is 1.12 bits per heavy atom. The molecule has 2 nitrogen and oxygen atoms in total. The second-order valence-corrected chi connectivity index (χ2v) is 4.64. The lowest BCUT2D eigenvalue weighted by Gasteiger charge is -2.17. The number of nitrogens with one attached hydrogen (secondary N) is 1. The maximum absolute atomic E-state index is 5.33. The van der Waals surface area contributed by atoms with E-state index in [1.165, 1.54) is 29.5 Å². The van der Waals surface area contributed by atoms with E-state index in [1.54, 1.807) is 7.11 Å². The van der Waals surface area contributed by atoms with Crippen molar-refractivity contribution in [1.82, 2.24) is 5.32 Å². The van der Waals surface area contributed by atoms with Crippen LogP contribution in [0.5, 0.6) is 5.75 Å². The molecule has 2 heteroatoms. The molecular formula is C15H25NO. The number of rotatable bonds is 6. The van der Waals surface area contributed by atoms with Crippen LogP contribution >= 0.6 is 0 Å². The van der Waals surface area contributed by atoms with Crippen LogP contribution in [0.2, 0.25) is 0 Å². The molecule has 96 valence electrons. The van der Waals surface area contributed by atoms with Gasteiger partial charge in [0.05, 0.1) is 7.11 Å². The maximum atomic E-state index is 5.33. The zero-order chi connectivity index (χ0) is 12.8. The summed E-state index contributed by atoms with van der Waals surface area (Å²) in [5, 5.41) is 3.60. The monoisotopic (exact) mass is 235 g/mol. The van der Waals surface area contributed by atoms with Crippen molar-refractivity contribution >= 4 is 0 Å². The Morgan fingerprint density at radius 2 is 1.76 bits per heavy atom. The first kappa shape index (κ1) is 14.0. The van der Waals surface area contributed by atoms with Crippen LogP contribution in [0.25, 0.3) is 0 Å². The number of hydrogen-bond donors (Lipinski definition) is 1. The van der Waals surface area contributed by atoms with Crippen LogP contribution in [0.15, 0.2) is 12.1 Å². The van der Waals surface area contributed by atoms with Gasteiger partial charge < -0.3 is 10.1 Å². The van der Waals surface area contributed by atoms with Crippen LogP contribution in [0.1, 0.15) is 43.4 Å². The fourth-order valence-electron chi connectivity index (χ4n) is 2.09. The molecule has 0 aliphatic heterocycles. The highest BCUT2D eigenvalue weighted by molar-refractivity contribution is 5.41. The Kier molecular flexibility index (Phi) is 5.49. The van der Waals surface area contributed by atoms with Gasteiger partial charge >= 0.3 is 0 Å². The van der Waals surface area contributed by atoms with Crippen LogP contribution in [-0.2, 0) is 6.54 Å². The Balaban J connectivity index is 2.75. The third kappa shape index (κ3) is 3.74. The molecule has 0 aromatic heterocycles. The number of benzene rings is 1. The molecule has 0 radical (unpaired) electrons. The Labute approximate surface area is 105 Å². The van der Waals surface area contributed by atoms with Crippen LogP contribution < -0.4 is 10.1 Å². The van der Waals surface area contributed by atoms with E-state index < -0.39 is 0 Å². The molecule has 0 spiro atoms. The minimum Gasteiger partial charge on any atom is -0.496 e. The predicted molar refractivity (Wildman–Crippen MR) is 73.7 cm³/mol. The first-order chi connectivity index (χ1) is 8.12. The average molecular weight is 235 g/mol. The van der Waals surface area contributed by atoms with E-state index in [0.717, 1.165) is 12.3 Å². The molecule has 17 heavy (non-hydrogen) atoms. The third-order valence-corrected chi connectivity index (χ3v) is 3.42. The van der Waals surface area contributed by atoms with Gasteiger partial charge in [0.15, 0.2) is 0 Å². The fourth-order valence-corrected chi connectivity index (χ4v) is 2.09. The Morgan fingerprint density at radius 3 is 2.29 bits per heavy atom. The maximum Gasteiger partial charge on any atom is 0.122 e. The highest BCUT2D eigenvalue weighted by Crippen LogP contribution is 2.22. The van der Waals surface area contributed by atoms with Crippen molar-refractivity contribution in [2.75, 3.05) is 7.11 Å². The number of methoxy groups -OCH3 is 1.